The molecule has 0 aliphatic heterocycles. The van der Waals surface area contributed by atoms with E-state index in [2.05, 4.69) is 4.98 Å². The van der Waals surface area contributed by atoms with Crippen LogP contribution in [0.5, 0.6) is 0 Å². The molecule has 0 amide bonds. The molecule has 0 fully saturated rings. The van der Waals surface area contributed by atoms with Gasteiger partial charge in [0, 0.05) is 0 Å². The van der Waals surface area contributed by atoms with Gasteiger partial charge in [0.25, 0.3) is 0 Å². The van der Waals surface area contributed by atoms with Crippen LogP contribution in [0.25, 0.3) is 0 Å². The van der Waals surface area contributed by atoms with E-state index < -0.39 is 30.0 Å². The molecule has 0 aliphatic rings. The van der Waals surface area contributed by atoms with E-state index in [0.717, 1.165) is 6.07 Å². The third-order valence-corrected chi connectivity index (χ3v) is 1.67. The number of aldehydes is 1. The Bertz CT molecular complexity index is 428. The number of carboxylic acids is 1. The van der Waals surface area contributed by atoms with Crippen LogP contribution in [-0.2, 0) is 17.4 Å². The molecule has 0 spiro atoms. The normalized spacial score (nSPS) is 11.2. The van der Waals surface area contributed by atoms with Gasteiger partial charge in [-0.05, 0) is 17.7 Å². The monoisotopic (exact) mass is 233 g/mol. The SMILES string of the molecule is O=Cc1cc(CC(=O)O)cc(C(F)(F)F)n1. The summed E-state index contributed by atoms with van der Waals surface area (Å²) in [5.74, 6) is -1.28. The van der Waals surface area contributed by atoms with Crippen LogP contribution in [0.2, 0.25) is 0 Å². The van der Waals surface area contributed by atoms with Gasteiger partial charge in [0.1, 0.15) is 11.4 Å². The van der Waals surface area contributed by atoms with Crippen molar-refractivity contribution < 1.29 is 27.9 Å². The molecule has 1 aromatic rings. The van der Waals surface area contributed by atoms with Crippen molar-refractivity contribution >= 4 is 12.3 Å². The Morgan fingerprint density at radius 1 is 1.44 bits per heavy atom. The van der Waals surface area contributed by atoms with Crippen molar-refractivity contribution in [1.82, 2.24) is 4.98 Å². The highest BCUT2D eigenvalue weighted by atomic mass is 19.4. The molecule has 0 unspecified atom stereocenters. The van der Waals surface area contributed by atoms with Crippen LogP contribution in [0.4, 0.5) is 13.2 Å². The Balaban J connectivity index is 3.21. The van der Waals surface area contributed by atoms with Crippen molar-refractivity contribution in [3.05, 3.63) is 29.1 Å². The van der Waals surface area contributed by atoms with Crippen LogP contribution in [0, 0.1) is 0 Å². The zero-order chi connectivity index (χ0) is 12.3. The lowest BCUT2D eigenvalue weighted by Crippen LogP contribution is -2.11. The molecule has 1 aromatic heterocycles. The van der Waals surface area contributed by atoms with Gasteiger partial charge >= 0.3 is 12.1 Å². The van der Waals surface area contributed by atoms with Crippen molar-refractivity contribution in [2.75, 3.05) is 0 Å². The molecule has 0 aliphatic carbocycles. The quantitative estimate of drug-likeness (QED) is 0.804. The summed E-state index contributed by atoms with van der Waals surface area (Å²) in [6.07, 6.45) is -5.15. The van der Waals surface area contributed by atoms with Gasteiger partial charge in [-0.25, -0.2) is 4.98 Å². The molecule has 16 heavy (non-hydrogen) atoms. The molecule has 0 bridgehead atoms. The summed E-state index contributed by atoms with van der Waals surface area (Å²) in [6.45, 7) is 0. The number of hydrogen-bond donors (Lipinski definition) is 1. The Hall–Kier alpha value is -1.92. The molecule has 0 radical (unpaired) electrons. The second-order valence-electron chi connectivity index (χ2n) is 2.97. The predicted molar refractivity (Wildman–Crippen MR) is 46.0 cm³/mol. The first-order chi connectivity index (χ1) is 7.32. The van der Waals surface area contributed by atoms with Crippen LogP contribution >= 0.6 is 0 Å². The lowest BCUT2D eigenvalue weighted by molar-refractivity contribution is -0.141. The van der Waals surface area contributed by atoms with Crippen molar-refractivity contribution in [1.29, 1.82) is 0 Å². The van der Waals surface area contributed by atoms with Crippen LogP contribution in [0.15, 0.2) is 12.1 Å². The van der Waals surface area contributed by atoms with Crippen LogP contribution in [0.1, 0.15) is 21.7 Å². The molecule has 0 saturated heterocycles. The highest BCUT2D eigenvalue weighted by Crippen LogP contribution is 2.28. The first kappa shape index (κ1) is 12.2. The number of carbonyl (C=O) groups is 2. The first-order valence-corrected chi connectivity index (χ1v) is 4.08. The average molecular weight is 233 g/mol. The maximum absolute atomic E-state index is 12.3. The van der Waals surface area contributed by atoms with E-state index in [1.54, 1.807) is 0 Å². The second kappa shape index (κ2) is 4.30. The maximum atomic E-state index is 12.3. The Morgan fingerprint density at radius 2 is 2.06 bits per heavy atom. The number of hydrogen-bond acceptors (Lipinski definition) is 3. The topological polar surface area (TPSA) is 67.3 Å². The summed E-state index contributed by atoms with van der Waals surface area (Å²) >= 11 is 0. The summed E-state index contributed by atoms with van der Waals surface area (Å²) in [6, 6.07) is 1.62. The van der Waals surface area contributed by atoms with E-state index in [0.29, 0.717) is 6.07 Å². The number of carboxylic acid groups (broad SMARTS) is 1. The van der Waals surface area contributed by atoms with Crippen molar-refractivity contribution in [3.8, 4) is 0 Å². The fourth-order valence-electron chi connectivity index (χ4n) is 1.09. The molecule has 4 nitrogen and oxygen atoms in total. The van der Waals surface area contributed by atoms with Crippen LogP contribution < -0.4 is 0 Å². The van der Waals surface area contributed by atoms with E-state index in [1.165, 1.54) is 0 Å². The van der Waals surface area contributed by atoms with Crippen molar-refractivity contribution in [2.45, 2.75) is 12.6 Å². The van der Waals surface area contributed by atoms with Crippen LogP contribution in [0.3, 0.4) is 0 Å². The van der Waals surface area contributed by atoms with E-state index in [1.807, 2.05) is 0 Å². The van der Waals surface area contributed by atoms with E-state index >= 15 is 0 Å². The Morgan fingerprint density at radius 3 is 2.50 bits per heavy atom. The number of nitrogens with zero attached hydrogens (tertiary/aromatic N) is 1. The highest BCUT2D eigenvalue weighted by molar-refractivity contribution is 5.74. The summed E-state index contributed by atoms with van der Waals surface area (Å²) in [4.78, 5) is 23.7. The highest BCUT2D eigenvalue weighted by Gasteiger charge is 2.33. The zero-order valence-corrected chi connectivity index (χ0v) is 7.78. The van der Waals surface area contributed by atoms with Gasteiger partial charge in [0.15, 0.2) is 6.29 Å². The fraction of sp³-hybridized carbons (Fsp3) is 0.222. The molecular weight excluding hydrogens is 227 g/mol. The molecule has 1 N–H and O–H groups in total. The summed E-state index contributed by atoms with van der Waals surface area (Å²) in [5.41, 5.74) is -1.82. The van der Waals surface area contributed by atoms with Gasteiger partial charge in [0.05, 0.1) is 6.42 Å². The summed E-state index contributed by atoms with van der Waals surface area (Å²) < 4.78 is 36.9. The van der Waals surface area contributed by atoms with Gasteiger partial charge in [-0.2, -0.15) is 13.2 Å². The average Bonchev–Trinajstić information content (AvgIpc) is 2.14. The van der Waals surface area contributed by atoms with Gasteiger partial charge < -0.3 is 5.11 Å². The smallest absolute Gasteiger partial charge is 0.433 e. The molecule has 0 aromatic carbocycles. The zero-order valence-electron chi connectivity index (χ0n) is 7.78. The molecule has 7 heteroatoms. The van der Waals surface area contributed by atoms with Gasteiger partial charge in [0.2, 0.25) is 0 Å². The number of aliphatic carboxylic acids is 1. The first-order valence-electron chi connectivity index (χ1n) is 4.08. The van der Waals surface area contributed by atoms with Crippen molar-refractivity contribution in [2.24, 2.45) is 0 Å². The van der Waals surface area contributed by atoms with Crippen molar-refractivity contribution in [3.63, 3.8) is 0 Å². The van der Waals surface area contributed by atoms with Gasteiger partial charge in [-0.1, -0.05) is 0 Å². The molecule has 0 atom stereocenters. The van der Waals surface area contributed by atoms with E-state index in [9.17, 15) is 22.8 Å². The Labute approximate surface area is 87.7 Å². The van der Waals surface area contributed by atoms with E-state index in [-0.39, 0.29) is 11.8 Å². The predicted octanol–water partition coefficient (Wildman–Crippen LogP) is 1.54. The third kappa shape index (κ3) is 3.04. The minimum absolute atomic E-state index is 0.114. The minimum Gasteiger partial charge on any atom is -0.481 e. The molecule has 86 valence electrons. The summed E-state index contributed by atoms with van der Waals surface area (Å²) in [7, 11) is 0. The largest absolute Gasteiger partial charge is 0.481 e. The maximum Gasteiger partial charge on any atom is 0.433 e. The molecular formula is C9H6F3NO3. The summed E-state index contributed by atoms with van der Waals surface area (Å²) in [5, 5.41) is 8.43. The fourth-order valence-corrected chi connectivity index (χ4v) is 1.09. The lowest BCUT2D eigenvalue weighted by atomic mass is 10.1. The molecule has 1 rings (SSSR count). The number of rotatable bonds is 3. The minimum atomic E-state index is -4.70. The lowest BCUT2D eigenvalue weighted by Gasteiger charge is -2.07. The molecule has 1 heterocycles. The Kier molecular flexibility index (Phi) is 3.26. The van der Waals surface area contributed by atoms with E-state index in [4.69, 9.17) is 5.11 Å². The van der Waals surface area contributed by atoms with Gasteiger partial charge in [-0.15, -0.1) is 0 Å². The number of alkyl halides is 3. The van der Waals surface area contributed by atoms with Gasteiger partial charge in [-0.3, -0.25) is 9.59 Å². The number of aromatic nitrogens is 1. The standard InChI is InChI=1S/C9H6F3NO3/c10-9(11,12)7-2-5(3-8(15)16)1-6(4-14)13-7/h1-2,4H,3H2,(H,15,16). The number of carbonyl (C=O) groups excluding carboxylic acids is 1. The second-order valence-corrected chi connectivity index (χ2v) is 2.97. The molecule has 0 saturated carbocycles. The number of halogens is 3. The third-order valence-electron chi connectivity index (χ3n) is 1.67. The van der Waals surface area contributed by atoms with Crippen LogP contribution in [-0.4, -0.2) is 22.3 Å². The number of pyridine rings is 1.